The first-order valence-electron chi connectivity index (χ1n) is 11.8. The van der Waals surface area contributed by atoms with Gasteiger partial charge in [-0.15, -0.1) is 11.3 Å². The lowest BCUT2D eigenvalue weighted by Crippen LogP contribution is -2.47. The molecule has 0 saturated heterocycles. The standard InChI is InChI=1S/C28H32N2O4S/c1-20-6-4-5-7-23(20)28-24-13-17-35-25(24)12-14-30(28)27(32)19-29(15-16-33-2)26(31)18-21-8-10-22(34-3)11-9-21/h4-11,13,17,28H,12,14-16,18-19H2,1-3H3. The average Bonchev–Trinajstić information content (AvgIpc) is 3.36. The van der Waals surface area contributed by atoms with E-state index < -0.39 is 0 Å². The number of hydrogen-bond acceptors (Lipinski definition) is 5. The number of methoxy groups -OCH3 is 2. The van der Waals surface area contributed by atoms with Crippen LogP contribution in [0.1, 0.15) is 33.2 Å². The number of carbonyl (C=O) groups excluding carboxylic acids is 2. The molecule has 0 spiro atoms. The molecule has 184 valence electrons. The summed E-state index contributed by atoms with van der Waals surface area (Å²) in [7, 11) is 3.22. The predicted octanol–water partition coefficient (Wildman–Crippen LogP) is 4.26. The lowest BCUT2D eigenvalue weighted by Gasteiger charge is -2.38. The van der Waals surface area contributed by atoms with Crippen molar-refractivity contribution in [2.75, 3.05) is 40.5 Å². The van der Waals surface area contributed by atoms with Gasteiger partial charge in [-0.3, -0.25) is 9.59 Å². The van der Waals surface area contributed by atoms with E-state index in [0.29, 0.717) is 19.7 Å². The van der Waals surface area contributed by atoms with Gasteiger partial charge in [-0.2, -0.15) is 0 Å². The van der Waals surface area contributed by atoms with E-state index in [-0.39, 0.29) is 30.8 Å². The van der Waals surface area contributed by atoms with Gasteiger partial charge in [0.05, 0.1) is 32.7 Å². The van der Waals surface area contributed by atoms with Gasteiger partial charge < -0.3 is 19.3 Å². The van der Waals surface area contributed by atoms with Gasteiger partial charge in [0, 0.05) is 25.1 Å². The van der Waals surface area contributed by atoms with Crippen LogP contribution in [0.4, 0.5) is 0 Å². The maximum Gasteiger partial charge on any atom is 0.242 e. The number of aryl methyl sites for hydroxylation is 1. The molecular weight excluding hydrogens is 460 g/mol. The SMILES string of the molecule is COCCN(CC(=O)N1CCc2sccc2C1c1ccccc1C)C(=O)Cc1ccc(OC)cc1. The molecule has 0 aliphatic carbocycles. The molecule has 2 amide bonds. The summed E-state index contributed by atoms with van der Waals surface area (Å²) in [6, 6.07) is 17.7. The smallest absolute Gasteiger partial charge is 0.242 e. The molecule has 0 bridgehead atoms. The van der Waals surface area contributed by atoms with Gasteiger partial charge in [-0.25, -0.2) is 0 Å². The predicted molar refractivity (Wildman–Crippen MR) is 138 cm³/mol. The molecule has 0 radical (unpaired) electrons. The molecule has 1 unspecified atom stereocenters. The van der Waals surface area contributed by atoms with Crippen LogP contribution in [0.5, 0.6) is 5.75 Å². The second-order valence-corrected chi connectivity index (χ2v) is 9.73. The number of amides is 2. The van der Waals surface area contributed by atoms with Gasteiger partial charge in [-0.05, 0) is 59.2 Å². The van der Waals surface area contributed by atoms with Crippen molar-refractivity contribution in [2.24, 2.45) is 0 Å². The van der Waals surface area contributed by atoms with E-state index in [1.807, 2.05) is 41.3 Å². The number of thiophene rings is 1. The van der Waals surface area contributed by atoms with Crippen LogP contribution in [0, 0.1) is 6.92 Å². The highest BCUT2D eigenvalue weighted by molar-refractivity contribution is 7.10. The molecule has 1 atom stereocenters. The molecule has 35 heavy (non-hydrogen) atoms. The van der Waals surface area contributed by atoms with Crippen molar-refractivity contribution >= 4 is 23.2 Å². The maximum atomic E-state index is 13.7. The number of rotatable bonds is 9. The summed E-state index contributed by atoms with van der Waals surface area (Å²) in [5, 5.41) is 2.10. The zero-order chi connectivity index (χ0) is 24.8. The number of carbonyl (C=O) groups is 2. The summed E-state index contributed by atoms with van der Waals surface area (Å²) in [6.07, 6.45) is 1.05. The van der Waals surface area contributed by atoms with Crippen molar-refractivity contribution in [2.45, 2.75) is 25.8 Å². The normalized spacial score (nSPS) is 14.9. The van der Waals surface area contributed by atoms with Crippen LogP contribution in [0.25, 0.3) is 0 Å². The van der Waals surface area contributed by atoms with Crippen LogP contribution in [-0.4, -0.2) is 62.1 Å². The molecule has 1 aliphatic rings. The van der Waals surface area contributed by atoms with Crippen molar-refractivity contribution in [1.29, 1.82) is 0 Å². The van der Waals surface area contributed by atoms with E-state index in [9.17, 15) is 9.59 Å². The molecule has 3 aromatic rings. The summed E-state index contributed by atoms with van der Waals surface area (Å²) in [4.78, 5) is 31.8. The quantitative estimate of drug-likeness (QED) is 0.448. The minimum absolute atomic E-state index is 0.0280. The minimum Gasteiger partial charge on any atom is -0.497 e. The monoisotopic (exact) mass is 492 g/mol. The van der Waals surface area contributed by atoms with Crippen LogP contribution < -0.4 is 4.74 Å². The van der Waals surface area contributed by atoms with E-state index in [1.54, 1.807) is 30.5 Å². The highest BCUT2D eigenvalue weighted by Gasteiger charge is 2.34. The molecule has 0 N–H and O–H groups in total. The highest BCUT2D eigenvalue weighted by Crippen LogP contribution is 2.39. The molecule has 0 fully saturated rings. The molecule has 1 aromatic heterocycles. The molecule has 7 heteroatoms. The summed E-state index contributed by atoms with van der Waals surface area (Å²) in [5.41, 5.74) is 4.36. The summed E-state index contributed by atoms with van der Waals surface area (Å²) < 4.78 is 10.4. The van der Waals surface area contributed by atoms with Crippen molar-refractivity contribution < 1.29 is 19.1 Å². The zero-order valence-corrected chi connectivity index (χ0v) is 21.3. The minimum atomic E-state index is -0.139. The fourth-order valence-electron chi connectivity index (χ4n) is 4.59. The Morgan fingerprint density at radius 3 is 2.54 bits per heavy atom. The molecule has 2 heterocycles. The van der Waals surface area contributed by atoms with Gasteiger partial charge in [-0.1, -0.05) is 36.4 Å². The van der Waals surface area contributed by atoms with E-state index in [0.717, 1.165) is 28.9 Å². The van der Waals surface area contributed by atoms with Crippen molar-refractivity contribution in [1.82, 2.24) is 9.80 Å². The fraction of sp³-hybridized carbons (Fsp3) is 0.357. The summed E-state index contributed by atoms with van der Waals surface area (Å²) in [5.74, 6) is 0.600. The van der Waals surface area contributed by atoms with Crippen molar-refractivity contribution in [3.05, 3.63) is 87.1 Å². The van der Waals surface area contributed by atoms with E-state index in [4.69, 9.17) is 9.47 Å². The van der Waals surface area contributed by atoms with Gasteiger partial charge in [0.1, 0.15) is 5.75 Å². The second kappa shape index (κ2) is 11.5. The van der Waals surface area contributed by atoms with Gasteiger partial charge in [0.25, 0.3) is 0 Å². The topological polar surface area (TPSA) is 59.1 Å². The van der Waals surface area contributed by atoms with Crippen LogP contribution in [0.3, 0.4) is 0 Å². The lowest BCUT2D eigenvalue weighted by molar-refractivity contribution is -0.142. The Morgan fingerprint density at radius 2 is 1.83 bits per heavy atom. The molecule has 1 aliphatic heterocycles. The number of benzene rings is 2. The van der Waals surface area contributed by atoms with Crippen molar-refractivity contribution in [3.8, 4) is 5.75 Å². The zero-order valence-electron chi connectivity index (χ0n) is 20.5. The Balaban J connectivity index is 1.55. The number of hydrogen-bond donors (Lipinski definition) is 0. The maximum absolute atomic E-state index is 13.7. The second-order valence-electron chi connectivity index (χ2n) is 8.73. The molecule has 0 saturated carbocycles. The highest BCUT2D eigenvalue weighted by atomic mass is 32.1. The Bertz CT molecular complexity index is 1160. The van der Waals surface area contributed by atoms with E-state index in [2.05, 4.69) is 30.5 Å². The van der Waals surface area contributed by atoms with Gasteiger partial charge >= 0.3 is 0 Å². The molecule has 2 aromatic carbocycles. The van der Waals surface area contributed by atoms with Crippen LogP contribution in [-0.2, 0) is 27.2 Å². The first-order valence-corrected chi connectivity index (χ1v) is 12.7. The Morgan fingerprint density at radius 1 is 1.06 bits per heavy atom. The fourth-order valence-corrected chi connectivity index (χ4v) is 5.50. The van der Waals surface area contributed by atoms with Crippen molar-refractivity contribution in [3.63, 3.8) is 0 Å². The molecule has 4 rings (SSSR count). The average molecular weight is 493 g/mol. The third-order valence-corrected chi connectivity index (χ3v) is 7.52. The number of fused-ring (bicyclic) bond motifs is 1. The Labute approximate surface area is 211 Å². The van der Waals surface area contributed by atoms with Crippen LogP contribution >= 0.6 is 11.3 Å². The number of ether oxygens (including phenoxy) is 2. The summed E-state index contributed by atoms with van der Waals surface area (Å²) in [6.45, 7) is 3.49. The largest absolute Gasteiger partial charge is 0.497 e. The lowest BCUT2D eigenvalue weighted by atomic mass is 9.90. The van der Waals surface area contributed by atoms with E-state index in [1.165, 1.54) is 10.4 Å². The van der Waals surface area contributed by atoms with Gasteiger partial charge in [0.15, 0.2) is 0 Å². The first-order chi connectivity index (χ1) is 17.0. The van der Waals surface area contributed by atoms with Gasteiger partial charge in [0.2, 0.25) is 11.8 Å². The Hall–Kier alpha value is -3.16. The first kappa shape index (κ1) is 24.9. The van der Waals surface area contributed by atoms with Crippen LogP contribution in [0.15, 0.2) is 60.0 Å². The van der Waals surface area contributed by atoms with Crippen LogP contribution in [0.2, 0.25) is 0 Å². The van der Waals surface area contributed by atoms with E-state index >= 15 is 0 Å². The molecule has 6 nitrogen and oxygen atoms in total. The third kappa shape index (κ3) is 5.74. The number of nitrogens with zero attached hydrogens (tertiary/aromatic N) is 2. The third-order valence-electron chi connectivity index (χ3n) is 6.53. The molecular formula is C28H32N2O4S. The Kier molecular flexibility index (Phi) is 8.21. The summed E-state index contributed by atoms with van der Waals surface area (Å²) >= 11 is 1.75.